The van der Waals surface area contributed by atoms with Crippen molar-refractivity contribution in [3.63, 3.8) is 0 Å². The Morgan fingerprint density at radius 3 is 1.53 bits per heavy atom. The van der Waals surface area contributed by atoms with Crippen LogP contribution in [0.5, 0.6) is 0 Å². The summed E-state index contributed by atoms with van der Waals surface area (Å²) in [4.78, 5) is 10.4. The van der Waals surface area contributed by atoms with Crippen LogP contribution in [0.2, 0.25) is 0 Å². The van der Waals surface area contributed by atoms with Crippen molar-refractivity contribution in [2.45, 2.75) is 19.3 Å². The highest BCUT2D eigenvalue weighted by Gasteiger charge is 2.37. The molecule has 53 heavy (non-hydrogen) atoms. The van der Waals surface area contributed by atoms with Crippen molar-refractivity contribution < 1.29 is 0 Å². The summed E-state index contributed by atoms with van der Waals surface area (Å²) in [5.74, 6) is 0.716. The minimum atomic E-state index is -0.110. The van der Waals surface area contributed by atoms with E-state index in [4.69, 9.17) is 9.97 Å². The van der Waals surface area contributed by atoms with Gasteiger partial charge in [-0.3, -0.25) is 0 Å². The van der Waals surface area contributed by atoms with E-state index in [9.17, 15) is 0 Å². The van der Waals surface area contributed by atoms with E-state index < -0.39 is 0 Å². The van der Waals surface area contributed by atoms with Crippen LogP contribution >= 0.6 is 0 Å². The normalized spacial score (nSPS) is 12.9. The lowest BCUT2D eigenvalue weighted by Gasteiger charge is -2.22. The lowest BCUT2D eigenvalue weighted by Crippen LogP contribution is -2.14. The van der Waals surface area contributed by atoms with E-state index in [0.717, 1.165) is 33.5 Å². The molecule has 1 heterocycles. The number of nitrogens with zero attached hydrogens (tertiary/aromatic N) is 2. The number of hydrogen-bond donors (Lipinski definition) is 0. The molecule has 0 radical (unpaired) electrons. The lowest BCUT2D eigenvalue weighted by molar-refractivity contribution is 0.661. The number of fused-ring (bicyclic) bond motifs is 5. The molecule has 0 fully saturated rings. The summed E-state index contributed by atoms with van der Waals surface area (Å²) in [5, 5.41) is 4.86. The van der Waals surface area contributed by atoms with Gasteiger partial charge >= 0.3 is 0 Å². The molecule has 1 aliphatic carbocycles. The van der Waals surface area contributed by atoms with Crippen molar-refractivity contribution >= 4 is 21.5 Å². The van der Waals surface area contributed by atoms with E-state index in [1.54, 1.807) is 0 Å². The number of rotatable bonds is 5. The van der Waals surface area contributed by atoms with E-state index in [0.29, 0.717) is 5.82 Å². The Kier molecular flexibility index (Phi) is 7.19. The van der Waals surface area contributed by atoms with Gasteiger partial charge < -0.3 is 0 Å². The van der Waals surface area contributed by atoms with Gasteiger partial charge in [-0.1, -0.05) is 172 Å². The largest absolute Gasteiger partial charge is 0.228 e. The molecule has 0 bridgehead atoms. The summed E-state index contributed by atoms with van der Waals surface area (Å²) >= 11 is 0. The maximum atomic E-state index is 5.20. The van der Waals surface area contributed by atoms with Gasteiger partial charge in [0.15, 0.2) is 5.82 Å². The Labute approximate surface area is 310 Å². The maximum absolute atomic E-state index is 5.20. The van der Waals surface area contributed by atoms with Crippen LogP contribution in [0.25, 0.3) is 88.8 Å². The fraction of sp³-hybridized carbons (Fsp3) is 0.0588. The van der Waals surface area contributed by atoms with Crippen LogP contribution < -0.4 is 0 Å². The van der Waals surface area contributed by atoms with Crippen LogP contribution in [0.4, 0.5) is 0 Å². The molecule has 0 aliphatic heterocycles. The third kappa shape index (κ3) is 5.10. The zero-order valence-corrected chi connectivity index (χ0v) is 29.7. The first-order valence-electron chi connectivity index (χ1n) is 18.3. The molecule has 0 spiro atoms. The fourth-order valence-electron chi connectivity index (χ4n) is 8.46. The van der Waals surface area contributed by atoms with Gasteiger partial charge in [-0.05, 0) is 90.3 Å². The number of aromatic nitrogens is 2. The second-order valence-electron chi connectivity index (χ2n) is 14.5. The van der Waals surface area contributed by atoms with Crippen molar-refractivity contribution in [2.75, 3.05) is 0 Å². The standard InChI is InChI=1S/C51H36N2/c1-51(2)45-27-15-26-42(49(45)44-30-35-20-9-10-21-36(35)31-46(44)51)39-24-13-11-22-37(39)41-28-29-43(40-25-14-12-23-38(40)41)50-52-47(33-16-5-3-6-17-33)32-48(53-50)34-18-7-4-8-19-34/h3-32H,1-2H3. The van der Waals surface area contributed by atoms with Crippen molar-refractivity contribution in [3.05, 3.63) is 193 Å². The van der Waals surface area contributed by atoms with E-state index >= 15 is 0 Å². The highest BCUT2D eigenvalue weighted by molar-refractivity contribution is 6.08. The minimum Gasteiger partial charge on any atom is -0.228 e. The average Bonchev–Trinajstić information content (AvgIpc) is 3.45. The van der Waals surface area contributed by atoms with E-state index in [1.807, 2.05) is 12.1 Å². The molecule has 0 atom stereocenters. The molecule has 2 nitrogen and oxygen atoms in total. The highest BCUT2D eigenvalue weighted by atomic mass is 14.9. The summed E-state index contributed by atoms with van der Waals surface area (Å²) in [7, 11) is 0. The second kappa shape index (κ2) is 12.3. The van der Waals surface area contributed by atoms with Gasteiger partial charge in [-0.2, -0.15) is 0 Å². The van der Waals surface area contributed by atoms with Crippen molar-refractivity contribution in [1.82, 2.24) is 9.97 Å². The summed E-state index contributed by atoms with van der Waals surface area (Å²) in [5.41, 5.74) is 15.2. The average molecular weight is 677 g/mol. The summed E-state index contributed by atoms with van der Waals surface area (Å²) in [6.07, 6.45) is 0. The minimum absolute atomic E-state index is 0.110. The first-order valence-corrected chi connectivity index (χ1v) is 18.3. The van der Waals surface area contributed by atoms with Crippen LogP contribution in [0.15, 0.2) is 182 Å². The molecule has 9 aromatic rings. The molecule has 0 amide bonds. The van der Waals surface area contributed by atoms with Gasteiger partial charge in [0, 0.05) is 22.1 Å². The molecule has 0 saturated carbocycles. The first-order chi connectivity index (χ1) is 26.0. The van der Waals surface area contributed by atoms with Crippen molar-refractivity contribution in [2.24, 2.45) is 0 Å². The molecule has 0 N–H and O–H groups in total. The molecule has 0 saturated heterocycles. The summed E-state index contributed by atoms with van der Waals surface area (Å²) < 4.78 is 0. The Hall–Kier alpha value is -6.64. The number of benzene rings is 8. The molecule has 2 heteroatoms. The first kappa shape index (κ1) is 31.1. The second-order valence-corrected chi connectivity index (χ2v) is 14.5. The molecule has 8 aromatic carbocycles. The molecule has 0 unspecified atom stereocenters. The Balaban J connectivity index is 1.17. The SMILES string of the molecule is CC1(C)c2cc3ccccc3cc2-c2c(-c3ccccc3-c3ccc(-c4nc(-c5ccccc5)cc(-c5ccccc5)n4)c4ccccc34)cccc21. The molecule has 1 aromatic heterocycles. The molecule has 10 rings (SSSR count). The van der Waals surface area contributed by atoms with Gasteiger partial charge in [-0.25, -0.2) is 9.97 Å². The van der Waals surface area contributed by atoms with Crippen LogP contribution in [0.3, 0.4) is 0 Å². The van der Waals surface area contributed by atoms with Crippen LogP contribution in [-0.2, 0) is 5.41 Å². The predicted molar refractivity (Wildman–Crippen MR) is 222 cm³/mol. The third-order valence-electron chi connectivity index (χ3n) is 11.1. The molecule has 1 aliphatic rings. The fourth-order valence-corrected chi connectivity index (χ4v) is 8.46. The maximum Gasteiger partial charge on any atom is 0.161 e. The van der Waals surface area contributed by atoms with Gasteiger partial charge in [0.25, 0.3) is 0 Å². The van der Waals surface area contributed by atoms with Gasteiger partial charge in [0.2, 0.25) is 0 Å². The van der Waals surface area contributed by atoms with Gasteiger partial charge in [0.05, 0.1) is 11.4 Å². The van der Waals surface area contributed by atoms with E-state index in [2.05, 4.69) is 184 Å². The molecule has 250 valence electrons. The Morgan fingerprint density at radius 1 is 0.358 bits per heavy atom. The molecular weight excluding hydrogens is 641 g/mol. The van der Waals surface area contributed by atoms with Crippen LogP contribution in [0, 0.1) is 0 Å². The van der Waals surface area contributed by atoms with Crippen molar-refractivity contribution in [1.29, 1.82) is 0 Å². The van der Waals surface area contributed by atoms with Crippen LogP contribution in [0.1, 0.15) is 25.0 Å². The topological polar surface area (TPSA) is 25.8 Å². The van der Waals surface area contributed by atoms with Crippen molar-refractivity contribution in [3.8, 4) is 67.3 Å². The highest BCUT2D eigenvalue weighted by Crippen LogP contribution is 2.54. The third-order valence-corrected chi connectivity index (χ3v) is 11.1. The van der Waals surface area contributed by atoms with Gasteiger partial charge in [-0.15, -0.1) is 0 Å². The molecular formula is C51H36N2. The zero-order chi connectivity index (χ0) is 35.5. The van der Waals surface area contributed by atoms with E-state index in [1.165, 1.54) is 60.7 Å². The quantitative estimate of drug-likeness (QED) is 0.181. The number of hydrogen-bond acceptors (Lipinski definition) is 2. The smallest absolute Gasteiger partial charge is 0.161 e. The lowest BCUT2D eigenvalue weighted by atomic mass is 9.81. The Bertz CT molecular complexity index is 2790. The predicted octanol–water partition coefficient (Wildman–Crippen LogP) is 13.4. The monoisotopic (exact) mass is 676 g/mol. The van der Waals surface area contributed by atoms with Crippen LogP contribution in [-0.4, -0.2) is 9.97 Å². The summed E-state index contributed by atoms with van der Waals surface area (Å²) in [6.45, 7) is 4.73. The Morgan fingerprint density at radius 2 is 0.868 bits per heavy atom. The van der Waals surface area contributed by atoms with Gasteiger partial charge in [0.1, 0.15) is 0 Å². The summed E-state index contributed by atoms with van der Waals surface area (Å²) in [6, 6.07) is 65.4. The van der Waals surface area contributed by atoms with E-state index in [-0.39, 0.29) is 5.41 Å². The zero-order valence-electron chi connectivity index (χ0n) is 29.7.